The molecule has 6 heteroatoms. The molecule has 0 aliphatic rings. The molecule has 0 radical (unpaired) electrons. The number of carbonyl (C=O) groups excluding carboxylic acids is 1. The van der Waals surface area contributed by atoms with Gasteiger partial charge in [-0.25, -0.2) is 4.98 Å². The number of aromatic nitrogens is 1. The van der Waals surface area contributed by atoms with Gasteiger partial charge < -0.3 is 9.73 Å². The second-order valence-electron chi connectivity index (χ2n) is 7.75. The SMILES string of the molecule is Cc1oc(-c2ccc(C(=O)NCCCc3ccccc3)cc2)nc1C[S@@](=O)c1ccccc1. The van der Waals surface area contributed by atoms with Crippen LogP contribution in [0.15, 0.2) is 94.2 Å². The first kappa shape index (κ1) is 22.7. The van der Waals surface area contributed by atoms with Crippen molar-refractivity contribution in [3.63, 3.8) is 0 Å². The summed E-state index contributed by atoms with van der Waals surface area (Å²) < 4.78 is 18.4. The highest BCUT2D eigenvalue weighted by Gasteiger charge is 2.15. The number of carbonyl (C=O) groups is 1. The zero-order chi connectivity index (χ0) is 23.0. The molecule has 0 aliphatic heterocycles. The van der Waals surface area contributed by atoms with Crippen LogP contribution in [0.2, 0.25) is 0 Å². The second kappa shape index (κ2) is 10.9. The van der Waals surface area contributed by atoms with Gasteiger partial charge in [0.15, 0.2) is 0 Å². The Bertz CT molecular complexity index is 1220. The maximum atomic E-state index is 12.6. The van der Waals surface area contributed by atoms with Crippen LogP contribution in [0.4, 0.5) is 0 Å². The minimum absolute atomic E-state index is 0.0999. The predicted molar refractivity (Wildman–Crippen MR) is 130 cm³/mol. The van der Waals surface area contributed by atoms with E-state index in [1.54, 1.807) is 12.1 Å². The van der Waals surface area contributed by atoms with Crippen molar-refractivity contribution in [3.8, 4) is 11.5 Å². The van der Waals surface area contributed by atoms with Gasteiger partial charge in [-0.05, 0) is 61.7 Å². The topological polar surface area (TPSA) is 72.2 Å². The molecule has 1 aromatic heterocycles. The molecule has 168 valence electrons. The van der Waals surface area contributed by atoms with Gasteiger partial charge in [0.05, 0.1) is 22.2 Å². The van der Waals surface area contributed by atoms with E-state index in [0.717, 1.165) is 23.3 Å². The lowest BCUT2D eigenvalue weighted by atomic mass is 10.1. The van der Waals surface area contributed by atoms with Crippen LogP contribution in [-0.4, -0.2) is 21.6 Å². The number of oxazole rings is 1. The van der Waals surface area contributed by atoms with Crippen molar-refractivity contribution in [2.45, 2.75) is 30.4 Å². The molecule has 0 aliphatic carbocycles. The summed E-state index contributed by atoms with van der Waals surface area (Å²) in [6.07, 6.45) is 1.82. The maximum absolute atomic E-state index is 12.6. The first-order chi connectivity index (χ1) is 16.1. The summed E-state index contributed by atoms with van der Waals surface area (Å²) in [6, 6.07) is 26.7. The molecule has 33 heavy (non-hydrogen) atoms. The van der Waals surface area contributed by atoms with Gasteiger partial charge >= 0.3 is 0 Å². The molecule has 0 fully saturated rings. The van der Waals surface area contributed by atoms with Gasteiger partial charge in [-0.2, -0.15) is 0 Å². The Morgan fingerprint density at radius 2 is 1.61 bits per heavy atom. The van der Waals surface area contributed by atoms with E-state index in [4.69, 9.17) is 4.42 Å². The lowest BCUT2D eigenvalue weighted by Crippen LogP contribution is -2.24. The Morgan fingerprint density at radius 1 is 0.939 bits per heavy atom. The average Bonchev–Trinajstić information content (AvgIpc) is 3.23. The van der Waals surface area contributed by atoms with E-state index in [0.29, 0.717) is 35.2 Å². The Labute approximate surface area is 196 Å². The minimum Gasteiger partial charge on any atom is -0.441 e. The quantitative estimate of drug-likeness (QED) is 0.345. The predicted octanol–water partition coefficient (Wildman–Crippen LogP) is 5.32. The minimum atomic E-state index is -1.19. The molecule has 3 aromatic carbocycles. The summed E-state index contributed by atoms with van der Waals surface area (Å²) >= 11 is 0. The molecule has 0 saturated carbocycles. The van der Waals surface area contributed by atoms with Gasteiger partial charge in [0, 0.05) is 22.6 Å². The summed E-state index contributed by atoms with van der Waals surface area (Å²) in [5.74, 6) is 1.30. The molecule has 4 rings (SSSR count). The number of nitrogens with zero attached hydrogens (tertiary/aromatic N) is 1. The van der Waals surface area contributed by atoms with Crippen molar-refractivity contribution in [3.05, 3.63) is 108 Å². The van der Waals surface area contributed by atoms with E-state index in [9.17, 15) is 9.00 Å². The summed E-state index contributed by atoms with van der Waals surface area (Å²) in [4.78, 5) is 17.7. The molecule has 1 heterocycles. The number of benzene rings is 3. The smallest absolute Gasteiger partial charge is 0.251 e. The molecular formula is C27H26N2O3S. The van der Waals surface area contributed by atoms with E-state index >= 15 is 0 Å². The normalized spacial score (nSPS) is 11.8. The second-order valence-corrected chi connectivity index (χ2v) is 9.20. The summed E-state index contributed by atoms with van der Waals surface area (Å²) in [6.45, 7) is 2.45. The largest absolute Gasteiger partial charge is 0.441 e. The number of amides is 1. The molecule has 5 nitrogen and oxygen atoms in total. The highest BCUT2D eigenvalue weighted by Crippen LogP contribution is 2.24. The van der Waals surface area contributed by atoms with Crippen LogP contribution in [0.25, 0.3) is 11.5 Å². The third-order valence-electron chi connectivity index (χ3n) is 5.33. The number of rotatable bonds is 9. The van der Waals surface area contributed by atoms with Crippen LogP contribution >= 0.6 is 0 Å². The summed E-state index contributed by atoms with van der Waals surface area (Å²) in [5, 5.41) is 2.97. The monoisotopic (exact) mass is 458 g/mol. The van der Waals surface area contributed by atoms with Gasteiger partial charge in [0.2, 0.25) is 5.89 Å². The van der Waals surface area contributed by atoms with Crippen molar-refractivity contribution in [2.24, 2.45) is 0 Å². The Kier molecular flexibility index (Phi) is 7.47. The summed E-state index contributed by atoms with van der Waals surface area (Å²) in [7, 11) is -1.19. The highest BCUT2D eigenvalue weighted by atomic mass is 32.2. The molecule has 0 bridgehead atoms. The van der Waals surface area contributed by atoms with Gasteiger partial charge in [0.25, 0.3) is 5.91 Å². The summed E-state index contributed by atoms with van der Waals surface area (Å²) in [5.41, 5.74) is 3.30. The van der Waals surface area contributed by atoms with E-state index in [2.05, 4.69) is 22.4 Å². The number of aryl methyl sites for hydroxylation is 2. The van der Waals surface area contributed by atoms with Crippen molar-refractivity contribution >= 4 is 16.7 Å². The number of hydrogen-bond donors (Lipinski definition) is 1. The van der Waals surface area contributed by atoms with Crippen LogP contribution in [0.5, 0.6) is 0 Å². The maximum Gasteiger partial charge on any atom is 0.251 e. The lowest BCUT2D eigenvalue weighted by molar-refractivity contribution is 0.0953. The lowest BCUT2D eigenvalue weighted by Gasteiger charge is -2.06. The van der Waals surface area contributed by atoms with Crippen molar-refractivity contribution in [1.82, 2.24) is 10.3 Å². The van der Waals surface area contributed by atoms with E-state index < -0.39 is 10.8 Å². The third-order valence-corrected chi connectivity index (χ3v) is 6.66. The van der Waals surface area contributed by atoms with Gasteiger partial charge in [0.1, 0.15) is 5.76 Å². The fourth-order valence-corrected chi connectivity index (χ4v) is 4.61. The Balaban J connectivity index is 1.33. The van der Waals surface area contributed by atoms with Crippen LogP contribution in [0.3, 0.4) is 0 Å². The van der Waals surface area contributed by atoms with Crippen LogP contribution in [0.1, 0.15) is 33.8 Å². The zero-order valence-electron chi connectivity index (χ0n) is 18.5. The van der Waals surface area contributed by atoms with E-state index in [-0.39, 0.29) is 5.91 Å². The van der Waals surface area contributed by atoms with Crippen LogP contribution < -0.4 is 5.32 Å². The van der Waals surface area contributed by atoms with Crippen LogP contribution in [0, 0.1) is 6.92 Å². The molecular weight excluding hydrogens is 432 g/mol. The molecule has 0 spiro atoms. The van der Waals surface area contributed by atoms with E-state index in [1.807, 2.05) is 67.6 Å². The molecule has 0 unspecified atom stereocenters. The average molecular weight is 459 g/mol. The third kappa shape index (κ3) is 6.05. The molecule has 4 aromatic rings. The van der Waals surface area contributed by atoms with E-state index in [1.165, 1.54) is 5.56 Å². The Hall–Kier alpha value is -3.51. The molecule has 0 saturated heterocycles. The van der Waals surface area contributed by atoms with Crippen molar-refractivity contribution < 1.29 is 13.4 Å². The van der Waals surface area contributed by atoms with Gasteiger partial charge in [-0.1, -0.05) is 48.5 Å². The zero-order valence-corrected chi connectivity index (χ0v) is 19.3. The first-order valence-corrected chi connectivity index (χ1v) is 12.2. The van der Waals surface area contributed by atoms with Crippen molar-refractivity contribution in [1.29, 1.82) is 0 Å². The molecule has 1 atom stereocenters. The highest BCUT2D eigenvalue weighted by molar-refractivity contribution is 7.84. The van der Waals surface area contributed by atoms with Gasteiger partial charge in [-0.3, -0.25) is 9.00 Å². The van der Waals surface area contributed by atoms with Gasteiger partial charge in [-0.15, -0.1) is 0 Å². The van der Waals surface area contributed by atoms with Crippen LogP contribution in [-0.2, 0) is 23.0 Å². The fraction of sp³-hybridized carbons (Fsp3) is 0.185. The molecule has 1 amide bonds. The number of nitrogens with one attached hydrogen (secondary N) is 1. The standard InChI is InChI=1S/C27H26N2O3S/c1-20-25(19-33(31)24-12-6-3-7-13-24)29-27(32-20)23-16-14-22(15-17-23)26(30)28-18-8-11-21-9-4-2-5-10-21/h2-7,9-10,12-17H,8,11,18-19H2,1H3,(H,28,30)/t33-/m1/s1. The Morgan fingerprint density at radius 3 is 2.30 bits per heavy atom. The van der Waals surface area contributed by atoms with Crippen molar-refractivity contribution in [2.75, 3.05) is 6.54 Å². The number of hydrogen-bond acceptors (Lipinski definition) is 4. The molecule has 1 N–H and O–H groups in total. The first-order valence-electron chi connectivity index (χ1n) is 10.9. The fourth-order valence-electron chi connectivity index (χ4n) is 3.47.